The van der Waals surface area contributed by atoms with Gasteiger partial charge in [-0.25, -0.2) is 44.2 Å². The van der Waals surface area contributed by atoms with Gasteiger partial charge in [-0.05, 0) is 119 Å². The number of sulfonamides is 2. The number of carbonyl (C=O) groups is 2. The predicted octanol–water partition coefficient (Wildman–Crippen LogP) is 13.3. The average molecular weight is 1180 g/mol. The van der Waals surface area contributed by atoms with E-state index in [0.29, 0.717) is 85.9 Å². The third kappa shape index (κ3) is 14.8. The molecule has 10 rings (SSSR count). The molecule has 6 heterocycles. The molecule has 4 aliphatic heterocycles. The van der Waals surface area contributed by atoms with Crippen LogP contribution in [0.1, 0.15) is 138 Å². The van der Waals surface area contributed by atoms with Gasteiger partial charge in [0.25, 0.3) is 0 Å². The molecule has 83 heavy (non-hydrogen) atoms. The van der Waals surface area contributed by atoms with Crippen LogP contribution in [-0.4, -0.2) is 88.4 Å². The maximum atomic E-state index is 14.2. The van der Waals surface area contributed by atoms with Crippen LogP contribution in [0.3, 0.4) is 0 Å². The van der Waals surface area contributed by atoms with Crippen molar-refractivity contribution in [3.8, 4) is 33.8 Å². The smallest absolute Gasteiger partial charge is 0.308 e. The van der Waals surface area contributed by atoms with Crippen molar-refractivity contribution in [1.29, 1.82) is 0 Å². The molecule has 4 aliphatic rings. The van der Waals surface area contributed by atoms with Crippen LogP contribution < -0.4 is 18.1 Å². The Morgan fingerprint density at radius 2 is 1.14 bits per heavy atom. The van der Waals surface area contributed by atoms with Crippen LogP contribution in [0.4, 0.5) is 31.8 Å². The number of carbonyl (C=O) groups excluding carboxylic acids is 2. The number of rotatable bonds is 11. The lowest BCUT2D eigenvalue weighted by Gasteiger charge is -2.40. The molecule has 6 aromatic rings. The number of pyridine rings is 2. The molecule has 0 aliphatic carbocycles. The van der Waals surface area contributed by atoms with Gasteiger partial charge in [-0.1, -0.05) is 88.4 Å². The van der Waals surface area contributed by atoms with Crippen molar-refractivity contribution in [3.05, 3.63) is 148 Å². The van der Waals surface area contributed by atoms with Crippen molar-refractivity contribution in [1.82, 2.24) is 9.97 Å². The van der Waals surface area contributed by atoms with Gasteiger partial charge in [0.1, 0.15) is 53.3 Å². The molecule has 0 spiro atoms. The molecule has 0 saturated carbocycles. The molecule has 0 unspecified atom stereocenters. The van der Waals surface area contributed by atoms with Gasteiger partial charge in [-0.15, -0.1) is 0 Å². The highest BCUT2D eigenvalue weighted by Crippen LogP contribution is 2.48. The number of fused-ring (bicyclic) bond motifs is 4. The maximum Gasteiger partial charge on any atom is 0.308 e. The first-order chi connectivity index (χ1) is 39.1. The summed E-state index contributed by atoms with van der Waals surface area (Å²) >= 11 is 0. The summed E-state index contributed by atoms with van der Waals surface area (Å²) in [5.41, 5.74) is 5.65. The number of hydrogen-bond donors (Lipinski definition) is 0. The Morgan fingerprint density at radius 3 is 1.55 bits per heavy atom. The summed E-state index contributed by atoms with van der Waals surface area (Å²) in [5.74, 6) is -1.23. The average Bonchev–Trinajstić information content (AvgIpc) is 3.73. The molecule has 20 heteroatoms. The highest BCUT2D eigenvalue weighted by Gasteiger charge is 2.39. The second kappa shape index (κ2) is 25.4. The van der Waals surface area contributed by atoms with Gasteiger partial charge >= 0.3 is 5.97 Å². The molecule has 2 saturated heterocycles. The lowest BCUT2D eigenvalue weighted by molar-refractivity contribution is -0.290. The number of nitrogens with zero attached hydrogens (tertiary/aromatic N) is 4. The minimum Gasteiger partial charge on any atom is -0.487 e. The topological polar surface area (TPSA) is 190 Å². The lowest BCUT2D eigenvalue weighted by atomic mass is 9.90. The van der Waals surface area contributed by atoms with E-state index in [1.54, 1.807) is 86.6 Å². The molecular weight excluding hydrogens is 1110 g/mol. The number of aldehydes is 1. The van der Waals surface area contributed by atoms with Crippen LogP contribution in [0.2, 0.25) is 0 Å². The number of halogens is 2. The fourth-order valence-electron chi connectivity index (χ4n) is 10.3. The first-order valence-corrected chi connectivity index (χ1v) is 31.2. The first kappa shape index (κ1) is 62.0. The minimum absolute atomic E-state index is 0.00269. The summed E-state index contributed by atoms with van der Waals surface area (Å²) in [5, 5.41) is 0. The van der Waals surface area contributed by atoms with Gasteiger partial charge in [0.15, 0.2) is 23.7 Å². The van der Waals surface area contributed by atoms with Crippen LogP contribution in [0.15, 0.2) is 103 Å². The van der Waals surface area contributed by atoms with Gasteiger partial charge in [-0.2, -0.15) is 0 Å². The molecule has 2 atom stereocenters. The van der Waals surface area contributed by atoms with E-state index in [0.717, 1.165) is 35.6 Å². The summed E-state index contributed by atoms with van der Waals surface area (Å²) in [6.45, 7) is 18.8. The quantitative estimate of drug-likeness (QED) is 0.0879. The highest BCUT2D eigenvalue weighted by atomic mass is 32.2. The van der Waals surface area contributed by atoms with Crippen LogP contribution in [0, 0.1) is 11.6 Å². The Labute approximate surface area is 485 Å². The molecule has 2 fully saturated rings. The third-order valence-corrected chi connectivity index (χ3v) is 15.7. The van der Waals surface area contributed by atoms with Crippen molar-refractivity contribution in [2.45, 2.75) is 137 Å². The van der Waals surface area contributed by atoms with Crippen molar-refractivity contribution in [2.75, 3.05) is 34.3 Å². The van der Waals surface area contributed by atoms with E-state index in [4.69, 9.17) is 33.4 Å². The molecule has 0 amide bonds. The van der Waals surface area contributed by atoms with Gasteiger partial charge in [0.2, 0.25) is 20.0 Å². The van der Waals surface area contributed by atoms with Gasteiger partial charge in [0.05, 0.1) is 42.5 Å². The van der Waals surface area contributed by atoms with E-state index in [9.17, 15) is 35.2 Å². The second-order valence-corrected chi connectivity index (χ2v) is 26.3. The van der Waals surface area contributed by atoms with E-state index in [1.165, 1.54) is 41.4 Å². The first-order valence-electron chi connectivity index (χ1n) is 27.5. The summed E-state index contributed by atoms with van der Waals surface area (Å²) in [4.78, 5) is 34.5. The van der Waals surface area contributed by atoms with Crippen molar-refractivity contribution in [2.24, 2.45) is 0 Å². The molecule has 4 aromatic carbocycles. The third-order valence-electron chi connectivity index (χ3n) is 13.6. The molecular formula is C63H72F2N4O12S2. The Balaban J connectivity index is 0.000000213. The van der Waals surface area contributed by atoms with E-state index in [-0.39, 0.29) is 49.1 Å². The van der Waals surface area contributed by atoms with Crippen LogP contribution >= 0.6 is 0 Å². The Kier molecular flexibility index (Phi) is 19.0. The van der Waals surface area contributed by atoms with Gasteiger partial charge < -0.3 is 28.4 Å². The monoisotopic (exact) mass is 1180 g/mol. The summed E-state index contributed by atoms with van der Waals surface area (Å²) < 4.78 is 118. The minimum atomic E-state index is -3.87. The zero-order valence-electron chi connectivity index (χ0n) is 48.7. The molecule has 0 N–H and O–H groups in total. The van der Waals surface area contributed by atoms with Crippen LogP contribution in [-0.2, 0) is 57.0 Å². The molecule has 0 bridgehead atoms. The number of aromatic nitrogens is 2. The zero-order chi connectivity index (χ0) is 60.2. The SMILES string of the molecule is C1CCOC1.CC(C)c1nc2c(c(-c3ccc(F)cc3)c1/C=C/[C@@H]1C[C@H](CC(=O)OC(C)(C)C)OC(C)(C)O1)COc1ccccc1N2S(C)(=O)=O.CC(C)c1nc2c(c(-c3ccc(F)cc3)c1C=O)COc1ccccc1N2S(C)(=O)=O. The fourth-order valence-corrected chi connectivity index (χ4v) is 12.3. The molecule has 16 nitrogen and oxygen atoms in total. The molecule has 442 valence electrons. The van der Waals surface area contributed by atoms with E-state index in [1.807, 2.05) is 60.6 Å². The fraction of sp³-hybridized carbons (Fsp3) is 0.397. The Morgan fingerprint density at radius 1 is 0.699 bits per heavy atom. The summed E-state index contributed by atoms with van der Waals surface area (Å²) in [6.07, 6.45) is 8.94. The summed E-state index contributed by atoms with van der Waals surface area (Å²) in [7, 11) is -7.67. The second-order valence-electron chi connectivity index (χ2n) is 22.7. The molecule has 2 aromatic heterocycles. The van der Waals surface area contributed by atoms with Gasteiger partial charge in [0, 0.05) is 53.0 Å². The summed E-state index contributed by atoms with van der Waals surface area (Å²) in [6, 6.07) is 25.5. The van der Waals surface area contributed by atoms with Crippen LogP contribution in [0.25, 0.3) is 28.3 Å². The van der Waals surface area contributed by atoms with Crippen molar-refractivity contribution >= 4 is 61.4 Å². The van der Waals surface area contributed by atoms with Crippen molar-refractivity contribution < 1.29 is 63.6 Å². The normalized spacial score (nSPS) is 17.5. The van der Waals surface area contributed by atoms with Gasteiger partial charge in [-0.3, -0.25) is 9.59 Å². The number of benzene rings is 4. The standard InChI is InChI=1S/C36H43FN2O7S.C23H21FN2O4S.C4H8O/c1-22(2)33-27(18-17-25-19-26(45-36(6,7)44-25)20-31(40)46-35(3,4)5)32(23-13-15-24(37)16-14-23)28-21-43-30-12-10-9-11-29(30)39(34(28)38-33)47(8,41)42;1-14(2)22-17(12-27)21(15-8-10-16(24)11-9-15)18-13-30-20-7-5-4-6-19(20)26(23(18)25-22)31(3,28)29;1-2-4-5-3-1/h9-18,22,25-26H,19-21H2,1-8H3;4-12,14H,13H2,1-3H3;1-4H2/b18-17+;;/t25-,26-;;/m1../s1. The van der Waals surface area contributed by atoms with E-state index in [2.05, 4.69) is 4.98 Å². The van der Waals surface area contributed by atoms with Crippen molar-refractivity contribution in [3.63, 3.8) is 0 Å². The maximum absolute atomic E-state index is 14.2. The van der Waals surface area contributed by atoms with E-state index >= 15 is 0 Å². The van der Waals surface area contributed by atoms with E-state index < -0.39 is 55.3 Å². The molecule has 0 radical (unpaired) electrons. The predicted molar refractivity (Wildman–Crippen MR) is 316 cm³/mol. The zero-order valence-corrected chi connectivity index (χ0v) is 50.3. The number of hydrogen-bond acceptors (Lipinski definition) is 14. The number of anilines is 4. The van der Waals surface area contributed by atoms with Crippen LogP contribution in [0.5, 0.6) is 11.5 Å². The highest BCUT2D eigenvalue weighted by molar-refractivity contribution is 7.92. The number of esters is 1. The largest absolute Gasteiger partial charge is 0.487 e. The Bertz CT molecular complexity index is 3590. The lowest BCUT2D eigenvalue weighted by Crippen LogP contribution is -2.45. The number of ether oxygens (including phenoxy) is 6. The number of para-hydroxylation sites is 4. The Hall–Kier alpha value is -7.10.